The van der Waals surface area contributed by atoms with E-state index in [-0.39, 0.29) is 17.4 Å². The van der Waals surface area contributed by atoms with Gasteiger partial charge in [-0.15, -0.1) is 0 Å². The molecule has 0 atom stereocenters. The Balaban J connectivity index is 2.22. The van der Waals surface area contributed by atoms with Gasteiger partial charge >= 0.3 is 7.12 Å². The molecule has 0 bridgehead atoms. The molecule has 110 valence electrons. The standard InChI is InChI=1S/C14H13BClFO4/c1-20-12-6-5-10(15(18)19)7-9(12)8-21-13-4-2-3-11(16)14(13)17/h2-7,18-19H,8H2,1H3. The summed E-state index contributed by atoms with van der Waals surface area (Å²) in [7, 11) is -0.119. The molecular formula is C14H13BClFO4. The Morgan fingerprint density at radius 3 is 2.62 bits per heavy atom. The molecule has 0 aliphatic carbocycles. The van der Waals surface area contributed by atoms with Crippen LogP contribution in [0.4, 0.5) is 4.39 Å². The van der Waals surface area contributed by atoms with E-state index in [1.54, 1.807) is 12.1 Å². The Hall–Kier alpha value is -1.76. The van der Waals surface area contributed by atoms with Crippen molar-refractivity contribution in [2.24, 2.45) is 0 Å². The number of benzene rings is 2. The molecule has 2 N–H and O–H groups in total. The zero-order valence-corrected chi connectivity index (χ0v) is 12.0. The summed E-state index contributed by atoms with van der Waals surface area (Å²) in [5.74, 6) is -0.127. The van der Waals surface area contributed by atoms with Gasteiger partial charge in [-0.1, -0.05) is 29.8 Å². The number of rotatable bonds is 5. The van der Waals surface area contributed by atoms with Gasteiger partial charge in [0.2, 0.25) is 0 Å². The van der Waals surface area contributed by atoms with Gasteiger partial charge in [-0.3, -0.25) is 0 Å². The molecule has 0 saturated carbocycles. The van der Waals surface area contributed by atoms with Crippen LogP contribution in [0.3, 0.4) is 0 Å². The van der Waals surface area contributed by atoms with Crippen molar-refractivity contribution in [2.45, 2.75) is 6.61 Å². The van der Waals surface area contributed by atoms with E-state index in [1.807, 2.05) is 0 Å². The molecule has 0 radical (unpaired) electrons. The summed E-state index contributed by atoms with van der Waals surface area (Å²) < 4.78 is 24.3. The molecule has 2 aromatic rings. The van der Waals surface area contributed by atoms with E-state index in [0.717, 1.165) is 0 Å². The highest BCUT2D eigenvalue weighted by Gasteiger charge is 2.15. The first-order valence-corrected chi connectivity index (χ1v) is 6.50. The SMILES string of the molecule is COc1ccc(B(O)O)cc1COc1cccc(Cl)c1F. The Morgan fingerprint density at radius 2 is 1.95 bits per heavy atom. The van der Waals surface area contributed by atoms with E-state index in [2.05, 4.69) is 0 Å². The van der Waals surface area contributed by atoms with Crippen molar-refractivity contribution in [3.8, 4) is 11.5 Å². The maximum Gasteiger partial charge on any atom is 0.488 e. The third-order valence-electron chi connectivity index (χ3n) is 2.90. The van der Waals surface area contributed by atoms with Crippen LogP contribution in [0.2, 0.25) is 5.02 Å². The van der Waals surface area contributed by atoms with Gasteiger partial charge in [-0.2, -0.15) is 0 Å². The summed E-state index contributed by atoms with van der Waals surface area (Å²) in [6.07, 6.45) is 0. The third kappa shape index (κ3) is 3.67. The molecular weight excluding hydrogens is 297 g/mol. The van der Waals surface area contributed by atoms with Gasteiger partial charge in [0.15, 0.2) is 11.6 Å². The van der Waals surface area contributed by atoms with Gasteiger partial charge < -0.3 is 19.5 Å². The van der Waals surface area contributed by atoms with E-state index >= 15 is 0 Å². The maximum atomic E-state index is 13.7. The monoisotopic (exact) mass is 310 g/mol. The summed E-state index contributed by atoms with van der Waals surface area (Å²) >= 11 is 5.68. The Labute approximate surface area is 126 Å². The van der Waals surface area contributed by atoms with Crippen molar-refractivity contribution in [3.05, 3.63) is 52.8 Å². The van der Waals surface area contributed by atoms with Crippen LogP contribution in [0.5, 0.6) is 11.5 Å². The molecule has 7 heteroatoms. The Morgan fingerprint density at radius 1 is 1.19 bits per heavy atom. The third-order valence-corrected chi connectivity index (χ3v) is 3.19. The van der Waals surface area contributed by atoms with Crippen LogP contribution < -0.4 is 14.9 Å². The summed E-state index contributed by atoms with van der Waals surface area (Å²) in [5.41, 5.74) is 0.850. The highest BCUT2D eigenvalue weighted by molar-refractivity contribution is 6.58. The van der Waals surface area contributed by atoms with Gasteiger partial charge in [0.05, 0.1) is 12.1 Å². The molecule has 21 heavy (non-hydrogen) atoms. The highest BCUT2D eigenvalue weighted by atomic mass is 35.5. The van der Waals surface area contributed by atoms with Crippen molar-refractivity contribution >= 4 is 24.2 Å². The quantitative estimate of drug-likeness (QED) is 0.826. The number of methoxy groups -OCH3 is 1. The normalized spacial score (nSPS) is 10.3. The lowest BCUT2D eigenvalue weighted by molar-refractivity contribution is 0.283. The van der Waals surface area contributed by atoms with Crippen LogP contribution in [0.25, 0.3) is 0 Å². The lowest BCUT2D eigenvalue weighted by atomic mass is 9.79. The number of halogens is 2. The second-order valence-corrected chi connectivity index (χ2v) is 4.69. The predicted molar refractivity (Wildman–Crippen MR) is 78.6 cm³/mol. The average Bonchev–Trinajstić information content (AvgIpc) is 2.48. The van der Waals surface area contributed by atoms with Crippen LogP contribution in [-0.2, 0) is 6.61 Å². The highest BCUT2D eigenvalue weighted by Crippen LogP contribution is 2.26. The molecule has 0 aliphatic heterocycles. The molecule has 2 aromatic carbocycles. The topological polar surface area (TPSA) is 58.9 Å². The summed E-state index contributed by atoms with van der Waals surface area (Å²) in [6.45, 7) is 0.000988. The molecule has 2 rings (SSSR count). The van der Waals surface area contributed by atoms with Crippen LogP contribution in [0.15, 0.2) is 36.4 Å². The molecule has 4 nitrogen and oxygen atoms in total. The largest absolute Gasteiger partial charge is 0.496 e. The molecule has 0 spiro atoms. The van der Waals surface area contributed by atoms with Crippen molar-refractivity contribution in [1.29, 1.82) is 0 Å². The average molecular weight is 311 g/mol. The zero-order valence-electron chi connectivity index (χ0n) is 11.2. The van der Waals surface area contributed by atoms with E-state index < -0.39 is 12.9 Å². The number of ether oxygens (including phenoxy) is 2. The van der Waals surface area contributed by atoms with Gasteiger partial charge in [0, 0.05) is 5.56 Å². The van der Waals surface area contributed by atoms with Crippen LogP contribution in [0, 0.1) is 5.82 Å². The summed E-state index contributed by atoms with van der Waals surface area (Å²) in [4.78, 5) is 0. The van der Waals surface area contributed by atoms with Crippen molar-refractivity contribution in [2.75, 3.05) is 7.11 Å². The van der Waals surface area contributed by atoms with Gasteiger partial charge in [0.25, 0.3) is 0 Å². The smallest absolute Gasteiger partial charge is 0.488 e. The molecule has 0 fully saturated rings. The fourth-order valence-corrected chi connectivity index (χ4v) is 1.99. The van der Waals surface area contributed by atoms with Crippen LogP contribution in [-0.4, -0.2) is 24.3 Å². The van der Waals surface area contributed by atoms with Crippen molar-refractivity contribution in [1.82, 2.24) is 0 Å². The summed E-state index contributed by atoms with van der Waals surface area (Å²) in [5, 5.41) is 18.3. The second kappa shape index (κ2) is 6.80. The first-order chi connectivity index (χ1) is 10.0. The minimum atomic E-state index is -1.60. The van der Waals surface area contributed by atoms with Crippen LogP contribution >= 0.6 is 11.6 Å². The van der Waals surface area contributed by atoms with Gasteiger partial charge in [-0.25, -0.2) is 4.39 Å². The van der Waals surface area contributed by atoms with Gasteiger partial charge in [0.1, 0.15) is 12.4 Å². The molecule has 0 amide bonds. The lowest BCUT2D eigenvalue weighted by Gasteiger charge is -2.12. The number of hydrogen-bond donors (Lipinski definition) is 2. The fourth-order valence-electron chi connectivity index (χ4n) is 1.82. The Bertz CT molecular complexity index is 636. The van der Waals surface area contributed by atoms with Crippen LogP contribution in [0.1, 0.15) is 5.56 Å². The Kier molecular flexibility index (Phi) is 5.06. The molecule has 0 aliphatic rings. The zero-order chi connectivity index (χ0) is 15.4. The maximum absolute atomic E-state index is 13.7. The van der Waals surface area contributed by atoms with Crippen molar-refractivity contribution < 1.29 is 23.9 Å². The second-order valence-electron chi connectivity index (χ2n) is 4.29. The minimum absolute atomic E-state index is 0.000988. The van der Waals surface area contributed by atoms with Crippen molar-refractivity contribution in [3.63, 3.8) is 0 Å². The minimum Gasteiger partial charge on any atom is -0.496 e. The number of hydrogen-bond acceptors (Lipinski definition) is 4. The molecule has 0 aromatic heterocycles. The fraction of sp³-hybridized carbons (Fsp3) is 0.143. The first kappa shape index (κ1) is 15.6. The summed E-state index contributed by atoms with van der Waals surface area (Å²) in [6, 6.07) is 9.08. The molecule has 0 unspecified atom stereocenters. The van der Waals surface area contributed by atoms with Gasteiger partial charge in [-0.05, 0) is 23.7 Å². The van der Waals surface area contributed by atoms with E-state index in [0.29, 0.717) is 16.8 Å². The first-order valence-electron chi connectivity index (χ1n) is 6.12. The van der Waals surface area contributed by atoms with E-state index in [9.17, 15) is 14.4 Å². The molecule has 0 saturated heterocycles. The van der Waals surface area contributed by atoms with E-state index in [4.69, 9.17) is 21.1 Å². The van der Waals surface area contributed by atoms with E-state index in [1.165, 1.54) is 31.4 Å². The lowest BCUT2D eigenvalue weighted by Crippen LogP contribution is -2.30. The predicted octanol–water partition coefficient (Wildman–Crippen LogP) is 1.75. The molecule has 0 heterocycles.